The van der Waals surface area contributed by atoms with Crippen LogP contribution in [0, 0.1) is 19.8 Å². The van der Waals surface area contributed by atoms with Crippen LogP contribution < -0.4 is 5.32 Å². The van der Waals surface area contributed by atoms with Gasteiger partial charge in [-0.05, 0) is 38.0 Å². The number of phenols is 1. The summed E-state index contributed by atoms with van der Waals surface area (Å²) < 4.78 is 1.78. The molecule has 0 bridgehead atoms. The molecule has 1 aromatic carbocycles. The van der Waals surface area contributed by atoms with Crippen LogP contribution in [0.1, 0.15) is 23.9 Å². The molecular formula is C17H22ClN3O2. The van der Waals surface area contributed by atoms with Crippen molar-refractivity contribution in [3.63, 3.8) is 0 Å². The normalized spacial score (nSPS) is 12.2. The van der Waals surface area contributed by atoms with Gasteiger partial charge in [-0.3, -0.25) is 9.48 Å². The molecule has 0 aliphatic rings. The third-order valence-electron chi connectivity index (χ3n) is 3.84. The predicted octanol–water partition coefficient (Wildman–Crippen LogP) is 2.85. The predicted molar refractivity (Wildman–Crippen MR) is 90.7 cm³/mol. The van der Waals surface area contributed by atoms with E-state index in [-0.39, 0.29) is 17.6 Å². The minimum atomic E-state index is -0.191. The Kier molecular flexibility index (Phi) is 5.66. The van der Waals surface area contributed by atoms with Crippen molar-refractivity contribution in [1.82, 2.24) is 15.1 Å². The second-order valence-corrected chi connectivity index (χ2v) is 6.15. The van der Waals surface area contributed by atoms with Crippen molar-refractivity contribution < 1.29 is 9.90 Å². The fourth-order valence-electron chi connectivity index (χ4n) is 2.36. The molecule has 5 nitrogen and oxygen atoms in total. The van der Waals surface area contributed by atoms with Crippen LogP contribution in [0.3, 0.4) is 0 Å². The molecule has 1 amide bonds. The number of aromatic hydroxyl groups is 1. The Morgan fingerprint density at radius 1 is 1.35 bits per heavy atom. The number of aryl methyl sites for hydroxylation is 1. The van der Waals surface area contributed by atoms with E-state index in [1.807, 2.05) is 32.9 Å². The number of carbonyl (C=O) groups is 1. The van der Waals surface area contributed by atoms with Crippen LogP contribution in [0.5, 0.6) is 5.75 Å². The molecule has 23 heavy (non-hydrogen) atoms. The zero-order chi connectivity index (χ0) is 17.0. The highest BCUT2D eigenvalue weighted by Crippen LogP contribution is 2.19. The average molecular weight is 336 g/mol. The molecule has 2 aromatic rings. The van der Waals surface area contributed by atoms with Crippen molar-refractivity contribution >= 4 is 17.5 Å². The summed E-state index contributed by atoms with van der Waals surface area (Å²) in [5, 5.41) is 17.2. The van der Waals surface area contributed by atoms with Crippen molar-refractivity contribution in [3.05, 3.63) is 46.2 Å². The number of carbonyl (C=O) groups excluding carboxylic acids is 1. The molecule has 0 saturated carbocycles. The molecule has 1 atom stereocenters. The van der Waals surface area contributed by atoms with E-state index in [4.69, 9.17) is 11.6 Å². The molecule has 0 aliphatic carbocycles. The lowest BCUT2D eigenvalue weighted by atomic mass is 10.1. The molecule has 2 rings (SSSR count). The molecule has 1 heterocycles. The molecule has 0 aliphatic heterocycles. The largest absolute Gasteiger partial charge is 0.508 e. The van der Waals surface area contributed by atoms with E-state index in [2.05, 4.69) is 10.4 Å². The van der Waals surface area contributed by atoms with Gasteiger partial charge >= 0.3 is 0 Å². The highest BCUT2D eigenvalue weighted by Gasteiger charge is 2.16. The minimum absolute atomic E-state index is 0.00699. The Labute approximate surface area is 141 Å². The standard InChI is InChI=1S/C17H22ClN3O2/c1-11(10-21-13(3)16(18)12(2)20-21)17(23)19-9-8-14-4-6-15(22)7-5-14/h4-7,11,22H,8-10H2,1-3H3,(H,19,23). The molecule has 0 radical (unpaired) electrons. The van der Waals surface area contributed by atoms with Crippen LogP contribution in [0.15, 0.2) is 24.3 Å². The number of nitrogens with one attached hydrogen (secondary N) is 1. The van der Waals surface area contributed by atoms with Gasteiger partial charge in [0.05, 0.1) is 28.9 Å². The van der Waals surface area contributed by atoms with E-state index >= 15 is 0 Å². The van der Waals surface area contributed by atoms with Gasteiger partial charge in [0.1, 0.15) is 5.75 Å². The number of hydrogen-bond donors (Lipinski definition) is 2. The first-order valence-electron chi connectivity index (χ1n) is 7.63. The zero-order valence-corrected chi connectivity index (χ0v) is 14.4. The highest BCUT2D eigenvalue weighted by molar-refractivity contribution is 6.31. The Hall–Kier alpha value is -2.01. The second-order valence-electron chi connectivity index (χ2n) is 5.78. The van der Waals surface area contributed by atoms with Crippen LogP contribution in [-0.2, 0) is 17.8 Å². The summed E-state index contributed by atoms with van der Waals surface area (Å²) in [6.45, 7) is 6.70. The third-order valence-corrected chi connectivity index (χ3v) is 4.38. The molecule has 0 spiro atoms. The number of hydrogen-bond acceptors (Lipinski definition) is 3. The lowest BCUT2D eigenvalue weighted by molar-refractivity contribution is -0.124. The van der Waals surface area contributed by atoms with Crippen LogP contribution in [-0.4, -0.2) is 27.3 Å². The Bertz CT molecular complexity index is 680. The van der Waals surface area contributed by atoms with Crippen molar-refractivity contribution in [2.45, 2.75) is 33.7 Å². The molecule has 124 valence electrons. The fourth-order valence-corrected chi connectivity index (χ4v) is 2.50. The Morgan fingerprint density at radius 3 is 2.57 bits per heavy atom. The van der Waals surface area contributed by atoms with E-state index < -0.39 is 0 Å². The van der Waals surface area contributed by atoms with E-state index in [1.54, 1.807) is 16.8 Å². The van der Waals surface area contributed by atoms with E-state index in [0.717, 1.165) is 23.4 Å². The van der Waals surface area contributed by atoms with Gasteiger partial charge in [-0.2, -0.15) is 5.10 Å². The SMILES string of the molecule is Cc1nn(CC(C)C(=O)NCCc2ccc(O)cc2)c(C)c1Cl. The number of phenolic OH excluding ortho intramolecular Hbond substituents is 1. The molecule has 2 N–H and O–H groups in total. The smallest absolute Gasteiger partial charge is 0.224 e. The van der Waals surface area contributed by atoms with E-state index in [9.17, 15) is 9.90 Å². The quantitative estimate of drug-likeness (QED) is 0.853. The minimum Gasteiger partial charge on any atom is -0.508 e. The van der Waals surface area contributed by atoms with Crippen LogP contribution in [0.25, 0.3) is 0 Å². The number of aromatic nitrogens is 2. The molecule has 0 saturated heterocycles. The van der Waals surface area contributed by atoms with Gasteiger partial charge in [-0.1, -0.05) is 30.7 Å². The number of halogens is 1. The van der Waals surface area contributed by atoms with Crippen LogP contribution in [0.2, 0.25) is 5.02 Å². The van der Waals surface area contributed by atoms with Crippen molar-refractivity contribution in [2.75, 3.05) is 6.54 Å². The highest BCUT2D eigenvalue weighted by atomic mass is 35.5. The lowest BCUT2D eigenvalue weighted by Gasteiger charge is -2.13. The first kappa shape index (κ1) is 17.3. The average Bonchev–Trinajstić information content (AvgIpc) is 2.76. The van der Waals surface area contributed by atoms with Gasteiger partial charge < -0.3 is 10.4 Å². The first-order valence-corrected chi connectivity index (χ1v) is 8.01. The second kappa shape index (κ2) is 7.51. The Balaban J connectivity index is 1.82. The molecule has 1 unspecified atom stereocenters. The fraction of sp³-hybridized carbons (Fsp3) is 0.412. The van der Waals surface area contributed by atoms with Crippen molar-refractivity contribution in [3.8, 4) is 5.75 Å². The first-order chi connectivity index (χ1) is 10.9. The topological polar surface area (TPSA) is 67.2 Å². The summed E-state index contributed by atoms with van der Waals surface area (Å²) in [6.07, 6.45) is 0.727. The number of benzene rings is 1. The summed E-state index contributed by atoms with van der Waals surface area (Å²) in [4.78, 5) is 12.2. The van der Waals surface area contributed by atoms with Crippen molar-refractivity contribution in [2.24, 2.45) is 5.92 Å². The molecule has 1 aromatic heterocycles. The Morgan fingerprint density at radius 2 is 2.00 bits per heavy atom. The van der Waals surface area contributed by atoms with Crippen LogP contribution in [0.4, 0.5) is 0 Å². The van der Waals surface area contributed by atoms with Gasteiger partial charge in [-0.25, -0.2) is 0 Å². The van der Waals surface area contributed by atoms with E-state index in [0.29, 0.717) is 18.1 Å². The van der Waals surface area contributed by atoms with Gasteiger partial charge in [0, 0.05) is 6.54 Å². The number of nitrogens with zero attached hydrogens (tertiary/aromatic N) is 2. The van der Waals surface area contributed by atoms with Crippen LogP contribution >= 0.6 is 11.6 Å². The summed E-state index contributed by atoms with van der Waals surface area (Å²) >= 11 is 6.12. The lowest BCUT2D eigenvalue weighted by Crippen LogP contribution is -2.33. The zero-order valence-electron chi connectivity index (χ0n) is 13.6. The monoisotopic (exact) mass is 335 g/mol. The maximum atomic E-state index is 12.2. The molecule has 0 fully saturated rings. The number of amides is 1. The maximum Gasteiger partial charge on any atom is 0.224 e. The summed E-state index contributed by atoms with van der Waals surface area (Å²) in [7, 11) is 0. The summed E-state index contributed by atoms with van der Waals surface area (Å²) in [5.74, 6) is 0.0475. The van der Waals surface area contributed by atoms with Crippen molar-refractivity contribution in [1.29, 1.82) is 0 Å². The number of rotatable bonds is 6. The molecule has 6 heteroatoms. The maximum absolute atomic E-state index is 12.2. The van der Waals surface area contributed by atoms with E-state index in [1.165, 1.54) is 0 Å². The van der Waals surface area contributed by atoms with Gasteiger partial charge in [0.25, 0.3) is 0 Å². The summed E-state index contributed by atoms with van der Waals surface area (Å²) in [5.41, 5.74) is 2.73. The van der Waals surface area contributed by atoms with Gasteiger partial charge in [-0.15, -0.1) is 0 Å². The van der Waals surface area contributed by atoms with Gasteiger partial charge in [0.2, 0.25) is 5.91 Å². The van der Waals surface area contributed by atoms with Gasteiger partial charge in [0.15, 0.2) is 0 Å². The third kappa shape index (κ3) is 4.48. The molecular weight excluding hydrogens is 314 g/mol. The summed E-state index contributed by atoms with van der Waals surface area (Å²) in [6, 6.07) is 6.99.